The molecule has 4 rings (SSSR count). The van der Waals surface area contributed by atoms with Crippen LogP contribution in [0.15, 0.2) is 36.8 Å². The molecule has 2 atom stereocenters. The summed E-state index contributed by atoms with van der Waals surface area (Å²) in [6.45, 7) is 4.05. The molecule has 1 fully saturated rings. The van der Waals surface area contributed by atoms with Crippen LogP contribution in [0.3, 0.4) is 0 Å². The summed E-state index contributed by atoms with van der Waals surface area (Å²) < 4.78 is 5.07. The number of hydrogen-bond donors (Lipinski definition) is 4. The van der Waals surface area contributed by atoms with E-state index >= 15 is 0 Å². The van der Waals surface area contributed by atoms with Gasteiger partial charge in [-0.25, -0.2) is 4.79 Å². The van der Waals surface area contributed by atoms with E-state index in [4.69, 9.17) is 10.5 Å². The lowest BCUT2D eigenvalue weighted by Gasteiger charge is -2.19. The maximum atomic E-state index is 13.2. The fourth-order valence-electron chi connectivity index (χ4n) is 4.00. The molecule has 2 amide bonds. The van der Waals surface area contributed by atoms with Gasteiger partial charge in [0.15, 0.2) is 0 Å². The van der Waals surface area contributed by atoms with Crippen LogP contribution >= 0.6 is 0 Å². The Labute approximate surface area is 179 Å². The van der Waals surface area contributed by atoms with Crippen LogP contribution in [0, 0.1) is 0 Å². The average Bonchev–Trinajstić information content (AvgIpc) is 3.39. The lowest BCUT2D eigenvalue weighted by Crippen LogP contribution is -2.34. The van der Waals surface area contributed by atoms with E-state index in [1.165, 1.54) is 0 Å². The van der Waals surface area contributed by atoms with Gasteiger partial charge in [-0.3, -0.25) is 14.9 Å². The molecular formula is C22H26N6O3. The molecule has 0 radical (unpaired) electrons. The molecule has 2 heterocycles. The molecule has 5 N–H and O–H groups in total. The Morgan fingerprint density at radius 3 is 2.77 bits per heavy atom. The molecule has 9 heteroatoms. The third kappa shape index (κ3) is 4.60. The van der Waals surface area contributed by atoms with Gasteiger partial charge < -0.3 is 21.1 Å². The third-order valence-corrected chi connectivity index (χ3v) is 5.38. The van der Waals surface area contributed by atoms with Gasteiger partial charge in [-0.2, -0.15) is 5.10 Å². The summed E-state index contributed by atoms with van der Waals surface area (Å²) in [5.74, 6) is -0.212. The van der Waals surface area contributed by atoms with Crippen LogP contribution in [-0.4, -0.2) is 45.4 Å². The number of anilines is 1. The summed E-state index contributed by atoms with van der Waals surface area (Å²) >= 11 is 0. The van der Waals surface area contributed by atoms with Gasteiger partial charge in [-0.05, 0) is 44.4 Å². The Morgan fingerprint density at radius 2 is 2.06 bits per heavy atom. The van der Waals surface area contributed by atoms with Crippen molar-refractivity contribution in [3.8, 4) is 11.1 Å². The number of carbonyl (C=O) groups is 2. The van der Waals surface area contributed by atoms with Crippen LogP contribution in [0.1, 0.15) is 43.5 Å². The van der Waals surface area contributed by atoms with Gasteiger partial charge in [-0.1, -0.05) is 6.07 Å². The first-order valence-corrected chi connectivity index (χ1v) is 10.4. The fraction of sp³-hybridized carbons (Fsp3) is 0.364. The zero-order valence-corrected chi connectivity index (χ0v) is 17.5. The highest BCUT2D eigenvalue weighted by atomic mass is 16.6. The highest BCUT2D eigenvalue weighted by Crippen LogP contribution is 2.31. The molecule has 0 unspecified atom stereocenters. The summed E-state index contributed by atoms with van der Waals surface area (Å²) in [4.78, 5) is 28.6. The number of pyridine rings is 1. The lowest BCUT2D eigenvalue weighted by molar-refractivity contribution is 0.0927. The smallest absolute Gasteiger partial charge is 0.404 e. The number of carbonyl (C=O) groups excluding carboxylic acids is 2. The lowest BCUT2D eigenvalue weighted by atomic mass is 10.0. The predicted octanol–water partition coefficient (Wildman–Crippen LogP) is 3.19. The van der Waals surface area contributed by atoms with E-state index in [0.717, 1.165) is 34.1 Å². The van der Waals surface area contributed by atoms with Crippen LogP contribution in [0.5, 0.6) is 0 Å². The quantitative estimate of drug-likeness (QED) is 0.482. The van der Waals surface area contributed by atoms with Gasteiger partial charge in [0.05, 0.1) is 23.0 Å². The van der Waals surface area contributed by atoms with E-state index in [1.54, 1.807) is 12.4 Å². The largest absolute Gasteiger partial charge is 0.446 e. The Bertz CT molecular complexity index is 1100. The van der Waals surface area contributed by atoms with E-state index < -0.39 is 6.09 Å². The maximum Gasteiger partial charge on any atom is 0.404 e. The second kappa shape index (κ2) is 8.63. The zero-order chi connectivity index (χ0) is 22.0. The Balaban J connectivity index is 1.64. The summed E-state index contributed by atoms with van der Waals surface area (Å²) in [5.41, 5.74) is 9.06. The second-order valence-corrected chi connectivity index (χ2v) is 8.11. The van der Waals surface area contributed by atoms with Gasteiger partial charge in [0.2, 0.25) is 0 Å². The monoisotopic (exact) mass is 422 g/mol. The number of hydrogen-bond acceptors (Lipinski definition) is 6. The van der Waals surface area contributed by atoms with E-state index in [0.29, 0.717) is 18.4 Å². The molecule has 0 saturated heterocycles. The van der Waals surface area contributed by atoms with E-state index in [-0.39, 0.29) is 24.1 Å². The Kier molecular flexibility index (Phi) is 5.75. The first-order valence-electron chi connectivity index (χ1n) is 10.4. The van der Waals surface area contributed by atoms with E-state index in [9.17, 15) is 9.59 Å². The minimum absolute atomic E-state index is 0.0864. The molecular weight excluding hydrogens is 396 g/mol. The number of aromatic amines is 1. The van der Waals surface area contributed by atoms with Crippen LogP contribution in [0.2, 0.25) is 0 Å². The SMILES string of the molecule is CC(C)Nc1c(C(=O)N[C@H]2CC[C@H](OC(N)=O)C2)cnc2ccc(-c3cn[nH]c3)cc12. The van der Waals surface area contributed by atoms with Crippen molar-refractivity contribution in [1.29, 1.82) is 0 Å². The van der Waals surface area contributed by atoms with Gasteiger partial charge in [0, 0.05) is 41.8 Å². The normalized spacial score (nSPS) is 18.3. The Morgan fingerprint density at radius 1 is 1.23 bits per heavy atom. The number of nitrogens with zero attached hydrogens (tertiary/aromatic N) is 2. The molecule has 1 aromatic carbocycles. The number of rotatable bonds is 6. The molecule has 1 saturated carbocycles. The topological polar surface area (TPSA) is 135 Å². The molecule has 1 aliphatic carbocycles. The van der Waals surface area contributed by atoms with Gasteiger partial charge >= 0.3 is 6.09 Å². The molecule has 0 aliphatic heterocycles. The highest BCUT2D eigenvalue weighted by molar-refractivity contribution is 6.08. The summed E-state index contributed by atoms with van der Waals surface area (Å²) in [6.07, 6.45) is 6.09. The van der Waals surface area contributed by atoms with Crippen molar-refractivity contribution < 1.29 is 14.3 Å². The summed E-state index contributed by atoms with van der Waals surface area (Å²) in [5, 5.41) is 14.2. The summed E-state index contributed by atoms with van der Waals surface area (Å²) in [6, 6.07) is 5.97. The van der Waals surface area contributed by atoms with Crippen molar-refractivity contribution >= 4 is 28.6 Å². The van der Waals surface area contributed by atoms with Gasteiger partial charge in [-0.15, -0.1) is 0 Å². The van der Waals surface area contributed by atoms with Crippen LogP contribution in [0.4, 0.5) is 10.5 Å². The van der Waals surface area contributed by atoms with Crippen molar-refractivity contribution in [2.75, 3.05) is 5.32 Å². The number of nitrogens with one attached hydrogen (secondary N) is 3. The molecule has 9 nitrogen and oxygen atoms in total. The number of aromatic nitrogens is 3. The second-order valence-electron chi connectivity index (χ2n) is 8.11. The molecule has 2 aromatic heterocycles. The number of ether oxygens (including phenoxy) is 1. The van der Waals surface area contributed by atoms with Gasteiger partial charge in [0.25, 0.3) is 5.91 Å². The number of nitrogens with two attached hydrogens (primary N) is 1. The first kappa shape index (κ1) is 20.6. The molecule has 0 bridgehead atoms. The molecule has 3 aromatic rings. The third-order valence-electron chi connectivity index (χ3n) is 5.38. The minimum Gasteiger partial charge on any atom is -0.446 e. The van der Waals surface area contributed by atoms with Gasteiger partial charge in [0.1, 0.15) is 6.10 Å². The zero-order valence-electron chi connectivity index (χ0n) is 17.5. The van der Waals surface area contributed by atoms with Crippen LogP contribution in [0.25, 0.3) is 22.0 Å². The van der Waals surface area contributed by atoms with E-state index in [1.807, 2.05) is 38.2 Å². The molecule has 1 aliphatic rings. The Hall–Kier alpha value is -3.62. The maximum absolute atomic E-state index is 13.2. The average molecular weight is 422 g/mol. The number of fused-ring (bicyclic) bond motifs is 1. The molecule has 31 heavy (non-hydrogen) atoms. The summed E-state index contributed by atoms with van der Waals surface area (Å²) in [7, 11) is 0. The number of benzene rings is 1. The minimum atomic E-state index is -0.785. The molecule has 162 valence electrons. The van der Waals surface area contributed by atoms with Crippen LogP contribution in [-0.2, 0) is 4.74 Å². The van der Waals surface area contributed by atoms with E-state index in [2.05, 4.69) is 25.8 Å². The number of amides is 2. The predicted molar refractivity (Wildman–Crippen MR) is 118 cm³/mol. The van der Waals surface area contributed by atoms with Crippen LogP contribution < -0.4 is 16.4 Å². The van der Waals surface area contributed by atoms with Crippen molar-refractivity contribution in [3.63, 3.8) is 0 Å². The standard InChI is InChI=1S/C22H26N6O3/c1-12(2)27-20-17-7-13(14-9-25-26-10-14)3-6-19(17)24-11-18(20)21(29)28-15-4-5-16(8-15)31-22(23)30/h3,6-7,9-12,15-16H,4-5,8H2,1-2H3,(H2,23,30)(H,24,27)(H,25,26)(H,28,29)/t15-,16-/m0/s1. The van der Waals surface area contributed by atoms with Crippen molar-refractivity contribution in [2.45, 2.75) is 51.3 Å². The fourth-order valence-corrected chi connectivity index (χ4v) is 4.00. The van der Waals surface area contributed by atoms with Crippen molar-refractivity contribution in [2.24, 2.45) is 5.73 Å². The number of H-pyrrole nitrogens is 1. The highest BCUT2D eigenvalue weighted by Gasteiger charge is 2.29. The van der Waals surface area contributed by atoms with Crippen molar-refractivity contribution in [1.82, 2.24) is 20.5 Å². The van der Waals surface area contributed by atoms with Crippen molar-refractivity contribution in [3.05, 3.63) is 42.4 Å². The number of primary amides is 1. The first-order chi connectivity index (χ1) is 14.9. The molecule has 0 spiro atoms.